The molecule has 2 aliphatic rings. The fourth-order valence-electron chi connectivity index (χ4n) is 3.34. The topological polar surface area (TPSA) is 84.0 Å². The molecule has 10 heteroatoms. The van der Waals surface area contributed by atoms with Crippen molar-refractivity contribution in [2.24, 2.45) is 5.41 Å². The number of nitrogens with zero attached hydrogens (tertiary/aromatic N) is 2. The van der Waals surface area contributed by atoms with Crippen molar-refractivity contribution in [3.05, 3.63) is 35.2 Å². The normalized spacial score (nSPS) is 21.2. The number of methoxy groups -OCH3 is 1. The molecular weight excluding hydrogens is 388 g/mol. The van der Waals surface area contributed by atoms with E-state index in [-0.39, 0.29) is 22.6 Å². The highest BCUT2D eigenvalue weighted by Gasteiger charge is 2.53. The molecule has 2 saturated heterocycles. The van der Waals surface area contributed by atoms with Crippen LogP contribution in [0.15, 0.2) is 35.1 Å². The first-order valence-corrected chi connectivity index (χ1v) is 10.9. The van der Waals surface area contributed by atoms with Gasteiger partial charge < -0.3 is 4.74 Å². The van der Waals surface area contributed by atoms with Gasteiger partial charge in [-0.2, -0.15) is 8.61 Å². The average Bonchev–Trinajstić information content (AvgIpc) is 3.00. The van der Waals surface area contributed by atoms with Gasteiger partial charge in [-0.3, -0.25) is 0 Å². The van der Waals surface area contributed by atoms with E-state index in [1.807, 2.05) is 0 Å². The van der Waals surface area contributed by atoms with Gasteiger partial charge in [-0.15, -0.1) is 0 Å². The second-order valence-electron chi connectivity index (χ2n) is 6.36. The van der Waals surface area contributed by atoms with E-state index in [0.717, 1.165) is 5.41 Å². The Balaban J connectivity index is 1.81. The van der Waals surface area contributed by atoms with Gasteiger partial charge in [-0.25, -0.2) is 16.8 Å². The molecule has 0 amide bonds. The fraction of sp³-hybridized carbons (Fsp3) is 0.467. The molecule has 25 heavy (non-hydrogen) atoms. The summed E-state index contributed by atoms with van der Waals surface area (Å²) in [6, 6.07) is 4.45. The standard InChI is InChI=1S/C15H19ClN2O5S2/c1-3-24(19,20)18-10-15(11-18)6-7-17(9-15)25(21,22)14-8-12(16)4-5-13(14)23-2/h3-5,8H,1,6-7,9-11H2,2H3. The van der Waals surface area contributed by atoms with Crippen LogP contribution in [-0.4, -0.2) is 58.7 Å². The lowest BCUT2D eigenvalue weighted by atomic mass is 9.81. The number of hydrogen-bond donors (Lipinski definition) is 0. The molecule has 3 rings (SSSR count). The zero-order valence-electron chi connectivity index (χ0n) is 13.7. The summed E-state index contributed by atoms with van der Waals surface area (Å²) >= 11 is 5.95. The third-order valence-corrected chi connectivity index (χ3v) is 8.24. The predicted octanol–water partition coefficient (Wildman–Crippen LogP) is 1.52. The summed E-state index contributed by atoms with van der Waals surface area (Å²) in [4.78, 5) is 0.0226. The van der Waals surface area contributed by atoms with Crippen LogP contribution < -0.4 is 4.74 Å². The van der Waals surface area contributed by atoms with Crippen molar-refractivity contribution in [2.45, 2.75) is 11.3 Å². The van der Waals surface area contributed by atoms with Crippen LogP contribution in [0.25, 0.3) is 0 Å². The molecule has 138 valence electrons. The molecule has 1 aromatic carbocycles. The van der Waals surface area contributed by atoms with E-state index in [0.29, 0.717) is 31.1 Å². The zero-order valence-corrected chi connectivity index (χ0v) is 16.1. The lowest BCUT2D eigenvalue weighted by Gasteiger charge is -2.46. The minimum absolute atomic E-state index is 0.0226. The number of benzene rings is 1. The van der Waals surface area contributed by atoms with Gasteiger partial charge in [0, 0.05) is 42.0 Å². The number of ether oxygens (including phenoxy) is 1. The van der Waals surface area contributed by atoms with E-state index in [1.54, 1.807) is 6.07 Å². The summed E-state index contributed by atoms with van der Waals surface area (Å²) in [5.74, 6) is 0.231. The molecule has 0 bridgehead atoms. The Hall–Kier alpha value is -1.13. The third kappa shape index (κ3) is 3.19. The lowest BCUT2D eigenvalue weighted by Crippen LogP contribution is -2.59. The molecule has 7 nitrogen and oxygen atoms in total. The van der Waals surface area contributed by atoms with Gasteiger partial charge in [-0.05, 0) is 24.6 Å². The molecule has 1 spiro atoms. The van der Waals surface area contributed by atoms with Gasteiger partial charge in [0.05, 0.1) is 7.11 Å². The van der Waals surface area contributed by atoms with Crippen LogP contribution in [0.3, 0.4) is 0 Å². The Morgan fingerprint density at radius 3 is 2.44 bits per heavy atom. The molecule has 0 atom stereocenters. The van der Waals surface area contributed by atoms with Crippen molar-refractivity contribution in [1.82, 2.24) is 8.61 Å². The van der Waals surface area contributed by atoms with Crippen LogP contribution in [0, 0.1) is 5.41 Å². The maximum absolute atomic E-state index is 13.0. The summed E-state index contributed by atoms with van der Waals surface area (Å²) in [5.41, 5.74) is -0.338. The van der Waals surface area contributed by atoms with Gasteiger partial charge in [0.2, 0.25) is 20.0 Å². The van der Waals surface area contributed by atoms with Gasteiger partial charge in [0.1, 0.15) is 10.6 Å². The third-order valence-electron chi connectivity index (χ3n) is 4.74. The van der Waals surface area contributed by atoms with Crippen molar-refractivity contribution in [1.29, 1.82) is 0 Å². The predicted molar refractivity (Wildman–Crippen MR) is 94.5 cm³/mol. The molecule has 0 N–H and O–H groups in total. The van der Waals surface area contributed by atoms with E-state index >= 15 is 0 Å². The molecule has 2 aliphatic heterocycles. The summed E-state index contributed by atoms with van der Waals surface area (Å²) in [6.45, 7) is 4.53. The van der Waals surface area contributed by atoms with Crippen molar-refractivity contribution >= 4 is 31.6 Å². The van der Waals surface area contributed by atoms with Crippen LogP contribution in [0.4, 0.5) is 0 Å². The zero-order chi connectivity index (χ0) is 18.5. The average molecular weight is 407 g/mol. The summed E-state index contributed by atoms with van der Waals surface area (Å²) in [5, 5.41) is 1.22. The summed E-state index contributed by atoms with van der Waals surface area (Å²) < 4.78 is 57.4. The van der Waals surface area contributed by atoms with E-state index in [2.05, 4.69) is 6.58 Å². The minimum Gasteiger partial charge on any atom is -0.495 e. The van der Waals surface area contributed by atoms with E-state index < -0.39 is 20.0 Å². The molecule has 2 fully saturated rings. The van der Waals surface area contributed by atoms with Crippen molar-refractivity contribution in [3.63, 3.8) is 0 Å². The second-order valence-corrected chi connectivity index (χ2v) is 10.6. The SMILES string of the molecule is C=CS(=O)(=O)N1CC2(CCN(S(=O)(=O)c3cc(Cl)ccc3OC)C2)C1. The van der Waals surface area contributed by atoms with Gasteiger partial charge in [0.15, 0.2) is 0 Å². The molecule has 0 aromatic heterocycles. The van der Waals surface area contributed by atoms with Gasteiger partial charge >= 0.3 is 0 Å². The van der Waals surface area contributed by atoms with Gasteiger partial charge in [-0.1, -0.05) is 18.2 Å². The van der Waals surface area contributed by atoms with E-state index in [4.69, 9.17) is 16.3 Å². The van der Waals surface area contributed by atoms with Crippen molar-refractivity contribution in [2.75, 3.05) is 33.3 Å². The first kappa shape index (κ1) is 18.7. The van der Waals surface area contributed by atoms with Crippen LogP contribution >= 0.6 is 11.6 Å². The number of halogens is 1. The number of sulfonamides is 2. The maximum atomic E-state index is 13.0. The van der Waals surface area contributed by atoms with Crippen molar-refractivity contribution < 1.29 is 21.6 Å². The van der Waals surface area contributed by atoms with Gasteiger partial charge in [0.25, 0.3) is 0 Å². The summed E-state index contributed by atoms with van der Waals surface area (Å²) in [7, 11) is -5.83. The minimum atomic E-state index is -3.77. The molecular formula is C15H19ClN2O5S2. The highest BCUT2D eigenvalue weighted by atomic mass is 35.5. The molecule has 2 heterocycles. The highest BCUT2D eigenvalue weighted by Crippen LogP contribution is 2.43. The first-order valence-electron chi connectivity index (χ1n) is 7.60. The van der Waals surface area contributed by atoms with Crippen LogP contribution in [0.5, 0.6) is 5.75 Å². The Labute approximate surface area is 152 Å². The Morgan fingerprint density at radius 1 is 1.20 bits per heavy atom. The summed E-state index contributed by atoms with van der Waals surface area (Å²) in [6.07, 6.45) is 0.609. The molecule has 1 aromatic rings. The fourth-order valence-corrected chi connectivity index (χ4v) is 6.43. The second kappa shape index (κ2) is 6.24. The Bertz CT molecular complexity index is 908. The molecule has 0 radical (unpaired) electrons. The first-order chi connectivity index (χ1) is 11.6. The molecule has 0 unspecified atom stereocenters. The monoisotopic (exact) mass is 406 g/mol. The van der Waals surface area contributed by atoms with Crippen LogP contribution in [0.2, 0.25) is 5.02 Å². The number of hydrogen-bond acceptors (Lipinski definition) is 5. The number of rotatable bonds is 5. The van der Waals surface area contributed by atoms with E-state index in [1.165, 1.54) is 27.9 Å². The van der Waals surface area contributed by atoms with Crippen LogP contribution in [-0.2, 0) is 20.0 Å². The quantitative estimate of drug-likeness (QED) is 0.740. The Kier molecular flexibility index (Phi) is 4.66. The molecule has 0 aliphatic carbocycles. The molecule has 0 saturated carbocycles. The van der Waals surface area contributed by atoms with Crippen LogP contribution in [0.1, 0.15) is 6.42 Å². The Morgan fingerprint density at radius 2 is 1.84 bits per heavy atom. The largest absolute Gasteiger partial charge is 0.495 e. The smallest absolute Gasteiger partial charge is 0.246 e. The highest BCUT2D eigenvalue weighted by molar-refractivity contribution is 7.92. The van der Waals surface area contributed by atoms with E-state index in [9.17, 15) is 16.8 Å². The van der Waals surface area contributed by atoms with Crippen molar-refractivity contribution in [3.8, 4) is 5.75 Å². The maximum Gasteiger partial charge on any atom is 0.246 e. The lowest BCUT2D eigenvalue weighted by molar-refractivity contribution is 0.0872.